The molecule has 0 fully saturated rings. The highest BCUT2D eigenvalue weighted by Gasteiger charge is 2.13. The Morgan fingerprint density at radius 3 is 2.63 bits per heavy atom. The van der Waals surface area contributed by atoms with Crippen LogP contribution in [0, 0.1) is 0 Å². The average Bonchev–Trinajstić information content (AvgIpc) is 2.45. The van der Waals surface area contributed by atoms with Crippen LogP contribution in [0.5, 0.6) is 5.75 Å². The topological polar surface area (TPSA) is 21.3 Å². The summed E-state index contributed by atoms with van der Waals surface area (Å²) in [6.45, 7) is 2.15. The SMILES string of the molecule is CCC(Nc1cccc(Cl)c1)c1ccccc1OC. The minimum Gasteiger partial charge on any atom is -0.496 e. The van der Waals surface area contributed by atoms with Crippen molar-refractivity contribution in [1.82, 2.24) is 0 Å². The van der Waals surface area contributed by atoms with Crippen LogP contribution in [0.3, 0.4) is 0 Å². The van der Waals surface area contributed by atoms with Gasteiger partial charge in [0.05, 0.1) is 13.2 Å². The number of methoxy groups -OCH3 is 1. The number of rotatable bonds is 5. The molecule has 2 aromatic rings. The van der Waals surface area contributed by atoms with Crippen LogP contribution in [0.2, 0.25) is 5.02 Å². The van der Waals surface area contributed by atoms with Gasteiger partial charge >= 0.3 is 0 Å². The summed E-state index contributed by atoms with van der Waals surface area (Å²) in [6, 6.07) is 16.0. The largest absolute Gasteiger partial charge is 0.496 e. The lowest BCUT2D eigenvalue weighted by atomic mass is 10.0. The molecular weight excluding hydrogens is 258 g/mol. The minimum absolute atomic E-state index is 0.203. The lowest BCUT2D eigenvalue weighted by molar-refractivity contribution is 0.406. The van der Waals surface area contributed by atoms with Gasteiger partial charge in [0.15, 0.2) is 0 Å². The number of nitrogens with one attached hydrogen (secondary N) is 1. The Balaban J connectivity index is 2.25. The predicted molar refractivity (Wildman–Crippen MR) is 81.1 cm³/mol. The molecule has 3 heteroatoms. The van der Waals surface area contributed by atoms with Crippen molar-refractivity contribution in [2.45, 2.75) is 19.4 Å². The molecule has 0 heterocycles. The second-order valence-electron chi connectivity index (χ2n) is 4.36. The van der Waals surface area contributed by atoms with E-state index in [1.165, 1.54) is 0 Å². The fourth-order valence-corrected chi connectivity index (χ4v) is 2.32. The van der Waals surface area contributed by atoms with E-state index >= 15 is 0 Å². The fourth-order valence-electron chi connectivity index (χ4n) is 2.13. The second-order valence-corrected chi connectivity index (χ2v) is 4.79. The van der Waals surface area contributed by atoms with E-state index in [-0.39, 0.29) is 6.04 Å². The third-order valence-corrected chi connectivity index (χ3v) is 3.32. The number of hydrogen-bond donors (Lipinski definition) is 1. The van der Waals surface area contributed by atoms with Gasteiger partial charge in [-0.25, -0.2) is 0 Å². The van der Waals surface area contributed by atoms with Crippen LogP contribution in [0.15, 0.2) is 48.5 Å². The van der Waals surface area contributed by atoms with Gasteiger partial charge in [0.25, 0.3) is 0 Å². The van der Waals surface area contributed by atoms with Crippen molar-refractivity contribution < 1.29 is 4.74 Å². The van der Waals surface area contributed by atoms with Gasteiger partial charge in [-0.1, -0.05) is 42.8 Å². The van der Waals surface area contributed by atoms with Crippen LogP contribution < -0.4 is 10.1 Å². The molecule has 0 aromatic heterocycles. The molecule has 0 radical (unpaired) electrons. The molecule has 0 aliphatic rings. The summed E-state index contributed by atoms with van der Waals surface area (Å²) in [4.78, 5) is 0. The molecule has 2 rings (SSSR count). The Labute approximate surface area is 119 Å². The van der Waals surface area contributed by atoms with Gasteiger partial charge in [-0.2, -0.15) is 0 Å². The molecule has 2 aromatic carbocycles. The van der Waals surface area contributed by atoms with E-state index < -0.39 is 0 Å². The smallest absolute Gasteiger partial charge is 0.124 e. The van der Waals surface area contributed by atoms with Gasteiger partial charge in [-0.05, 0) is 30.7 Å². The Hall–Kier alpha value is -1.67. The first-order chi connectivity index (χ1) is 9.24. The predicted octanol–water partition coefficient (Wildman–Crippen LogP) is 4.91. The first kappa shape index (κ1) is 13.8. The summed E-state index contributed by atoms with van der Waals surface area (Å²) in [7, 11) is 1.70. The van der Waals surface area contributed by atoms with Crippen molar-refractivity contribution in [3.05, 3.63) is 59.1 Å². The van der Waals surface area contributed by atoms with Gasteiger partial charge in [-0.15, -0.1) is 0 Å². The Morgan fingerprint density at radius 1 is 1.16 bits per heavy atom. The van der Waals surface area contributed by atoms with Gasteiger partial charge in [0.2, 0.25) is 0 Å². The summed E-state index contributed by atoms with van der Waals surface area (Å²) in [5, 5.41) is 4.23. The van der Waals surface area contributed by atoms with E-state index in [1.54, 1.807) is 7.11 Å². The second kappa shape index (κ2) is 6.48. The number of benzene rings is 2. The molecule has 1 unspecified atom stereocenters. The van der Waals surface area contributed by atoms with Crippen LogP contribution in [0.1, 0.15) is 24.9 Å². The van der Waals surface area contributed by atoms with Crippen LogP contribution >= 0.6 is 11.6 Å². The lowest BCUT2D eigenvalue weighted by Crippen LogP contribution is -2.10. The number of para-hydroxylation sites is 1. The lowest BCUT2D eigenvalue weighted by Gasteiger charge is -2.21. The summed E-state index contributed by atoms with van der Waals surface area (Å²) < 4.78 is 5.42. The highest BCUT2D eigenvalue weighted by atomic mass is 35.5. The minimum atomic E-state index is 0.203. The highest BCUT2D eigenvalue weighted by Crippen LogP contribution is 2.30. The van der Waals surface area contributed by atoms with E-state index in [9.17, 15) is 0 Å². The molecule has 0 bridgehead atoms. The highest BCUT2D eigenvalue weighted by molar-refractivity contribution is 6.30. The van der Waals surface area contributed by atoms with Crippen LogP contribution in [0.4, 0.5) is 5.69 Å². The molecule has 1 N–H and O–H groups in total. The van der Waals surface area contributed by atoms with Crippen LogP contribution in [0.25, 0.3) is 0 Å². The molecule has 0 spiro atoms. The van der Waals surface area contributed by atoms with Crippen molar-refractivity contribution in [1.29, 1.82) is 0 Å². The van der Waals surface area contributed by atoms with E-state index in [4.69, 9.17) is 16.3 Å². The molecule has 1 atom stereocenters. The van der Waals surface area contributed by atoms with Crippen molar-refractivity contribution in [2.24, 2.45) is 0 Å². The first-order valence-corrected chi connectivity index (χ1v) is 6.77. The van der Waals surface area contributed by atoms with E-state index in [1.807, 2.05) is 42.5 Å². The quantitative estimate of drug-likeness (QED) is 0.837. The standard InChI is InChI=1S/C16H18ClNO/c1-3-15(14-9-4-5-10-16(14)19-2)18-13-8-6-7-12(17)11-13/h4-11,15,18H,3H2,1-2H3. The van der Waals surface area contributed by atoms with E-state index in [0.717, 1.165) is 28.4 Å². The van der Waals surface area contributed by atoms with Gasteiger partial charge in [-0.3, -0.25) is 0 Å². The summed E-state index contributed by atoms with van der Waals surface area (Å²) >= 11 is 6.01. The van der Waals surface area contributed by atoms with Gasteiger partial charge in [0.1, 0.15) is 5.75 Å². The zero-order chi connectivity index (χ0) is 13.7. The van der Waals surface area contributed by atoms with Crippen molar-refractivity contribution in [3.8, 4) is 5.75 Å². The monoisotopic (exact) mass is 275 g/mol. The Kier molecular flexibility index (Phi) is 4.69. The molecule has 0 amide bonds. The number of anilines is 1. The summed E-state index contributed by atoms with van der Waals surface area (Å²) in [6.07, 6.45) is 0.965. The summed E-state index contributed by atoms with van der Waals surface area (Å²) in [5.74, 6) is 0.906. The van der Waals surface area contributed by atoms with Crippen molar-refractivity contribution in [2.75, 3.05) is 12.4 Å². The van der Waals surface area contributed by atoms with Crippen LogP contribution in [-0.4, -0.2) is 7.11 Å². The van der Waals surface area contributed by atoms with Gasteiger partial charge in [0, 0.05) is 16.3 Å². The fraction of sp³-hybridized carbons (Fsp3) is 0.250. The molecule has 0 saturated heterocycles. The van der Waals surface area contributed by atoms with Crippen LogP contribution in [-0.2, 0) is 0 Å². The average molecular weight is 276 g/mol. The Bertz CT molecular complexity index is 542. The molecule has 0 aliphatic carbocycles. The van der Waals surface area contributed by atoms with Crippen molar-refractivity contribution >= 4 is 17.3 Å². The molecule has 0 aliphatic heterocycles. The molecule has 19 heavy (non-hydrogen) atoms. The first-order valence-electron chi connectivity index (χ1n) is 6.39. The third kappa shape index (κ3) is 3.42. The third-order valence-electron chi connectivity index (χ3n) is 3.09. The summed E-state index contributed by atoms with van der Waals surface area (Å²) in [5.41, 5.74) is 2.18. The zero-order valence-corrected chi connectivity index (χ0v) is 11.9. The number of halogens is 1. The number of hydrogen-bond acceptors (Lipinski definition) is 2. The maximum atomic E-state index is 6.01. The zero-order valence-electron chi connectivity index (χ0n) is 11.2. The van der Waals surface area contributed by atoms with Gasteiger partial charge < -0.3 is 10.1 Å². The normalized spacial score (nSPS) is 11.9. The maximum Gasteiger partial charge on any atom is 0.124 e. The maximum absolute atomic E-state index is 6.01. The molecule has 2 nitrogen and oxygen atoms in total. The van der Waals surface area contributed by atoms with E-state index in [0.29, 0.717) is 0 Å². The number of ether oxygens (including phenoxy) is 1. The molecule has 0 saturated carbocycles. The molecular formula is C16H18ClNO. The van der Waals surface area contributed by atoms with Crippen molar-refractivity contribution in [3.63, 3.8) is 0 Å². The Morgan fingerprint density at radius 2 is 1.95 bits per heavy atom. The van der Waals surface area contributed by atoms with E-state index in [2.05, 4.69) is 18.3 Å². The molecule has 100 valence electrons.